The summed E-state index contributed by atoms with van der Waals surface area (Å²) in [5.74, 6) is -0.292. The predicted octanol–water partition coefficient (Wildman–Crippen LogP) is 0.550. The third kappa shape index (κ3) is 4.82. The quantitative estimate of drug-likeness (QED) is 0.668. The van der Waals surface area contributed by atoms with E-state index in [1.807, 2.05) is 19.9 Å². The fourth-order valence-electron chi connectivity index (χ4n) is 2.06. The number of carbonyl (C=O) groups is 2. The van der Waals surface area contributed by atoms with Crippen molar-refractivity contribution in [2.75, 3.05) is 13.2 Å². The second-order valence-corrected chi connectivity index (χ2v) is 5.56. The van der Waals surface area contributed by atoms with Crippen LogP contribution in [-0.4, -0.2) is 42.2 Å². The van der Waals surface area contributed by atoms with Crippen LogP contribution in [0.1, 0.15) is 20.8 Å². The summed E-state index contributed by atoms with van der Waals surface area (Å²) >= 11 is 0. The molecule has 2 amide bonds. The van der Waals surface area contributed by atoms with Gasteiger partial charge in [0.25, 0.3) is 0 Å². The summed E-state index contributed by atoms with van der Waals surface area (Å²) in [5.41, 5.74) is 1.76. The number of rotatable bonds is 6. The van der Waals surface area contributed by atoms with Crippen LogP contribution >= 0.6 is 0 Å². The molecule has 1 aliphatic rings. The molecule has 0 radical (unpaired) electrons. The summed E-state index contributed by atoms with van der Waals surface area (Å²) in [6, 6.07) is 4.92. The molecule has 1 aromatic rings. The fraction of sp³-hybridized carbons (Fsp3) is 0.412. The van der Waals surface area contributed by atoms with Gasteiger partial charge in [0.15, 0.2) is 0 Å². The Bertz CT molecular complexity index is 626. The van der Waals surface area contributed by atoms with Crippen molar-refractivity contribution in [2.45, 2.75) is 32.3 Å². The van der Waals surface area contributed by atoms with Gasteiger partial charge in [0.05, 0.1) is 6.61 Å². The van der Waals surface area contributed by atoms with Crippen LogP contribution < -0.4 is 15.4 Å². The van der Waals surface area contributed by atoms with Gasteiger partial charge >= 0.3 is 0 Å². The summed E-state index contributed by atoms with van der Waals surface area (Å²) in [6.45, 7) is 3.98. The van der Waals surface area contributed by atoms with Gasteiger partial charge in [-0.25, -0.2) is 0 Å². The summed E-state index contributed by atoms with van der Waals surface area (Å²) in [5, 5.41) is 13.9. The molecule has 1 saturated heterocycles. The van der Waals surface area contributed by atoms with Gasteiger partial charge in [-0.05, 0) is 37.6 Å². The first-order valence-corrected chi connectivity index (χ1v) is 7.42. The van der Waals surface area contributed by atoms with Crippen molar-refractivity contribution in [3.8, 4) is 5.75 Å². The zero-order valence-electron chi connectivity index (χ0n) is 14.2. The number of amides is 2. The number of allylic oxidation sites excluding steroid dienone is 1. The molecule has 0 aromatic heterocycles. The highest BCUT2D eigenvalue weighted by atomic mass is 16.5. The third-order valence-electron chi connectivity index (χ3n) is 3.38. The molecule has 0 spiro atoms. The molecule has 6 heteroatoms. The van der Waals surface area contributed by atoms with Gasteiger partial charge in [0.2, 0.25) is 11.8 Å². The number of benzene rings is 1. The van der Waals surface area contributed by atoms with Crippen LogP contribution in [0, 0.1) is 0 Å². The van der Waals surface area contributed by atoms with E-state index in [1.54, 1.807) is 24.3 Å². The third-order valence-corrected chi connectivity index (χ3v) is 3.38. The van der Waals surface area contributed by atoms with E-state index >= 15 is 0 Å². The minimum absolute atomic E-state index is 0.468. The number of hydrogen-bond donors (Lipinski definition) is 3. The predicted molar refractivity (Wildman–Crippen MR) is 86.0 cm³/mol. The number of hydrogen-bond acceptors (Lipinski definition) is 4. The molecule has 0 bridgehead atoms. The summed E-state index contributed by atoms with van der Waals surface area (Å²) in [6.07, 6.45) is 1.01. The van der Waals surface area contributed by atoms with Crippen molar-refractivity contribution < 1.29 is 20.8 Å². The van der Waals surface area contributed by atoms with E-state index in [1.165, 1.54) is 0 Å². The Labute approximate surface area is 136 Å². The van der Waals surface area contributed by atoms with Crippen molar-refractivity contribution in [3.05, 3.63) is 41.5 Å². The van der Waals surface area contributed by atoms with Crippen LogP contribution in [0.15, 0.2) is 35.9 Å². The number of aliphatic hydroxyl groups is 1. The lowest BCUT2D eigenvalue weighted by molar-refractivity contribution is -0.137. The number of nitrogens with one attached hydrogen (secondary N) is 2. The fourth-order valence-corrected chi connectivity index (χ4v) is 2.06. The lowest BCUT2D eigenvalue weighted by Crippen LogP contribution is -2.63. The van der Waals surface area contributed by atoms with E-state index in [-0.39, 0.29) is 0 Å². The molecule has 23 heavy (non-hydrogen) atoms. The largest absolute Gasteiger partial charge is 0.490 e. The first kappa shape index (κ1) is 15.6. The Morgan fingerprint density at radius 3 is 2.43 bits per heavy atom. The number of piperazine rings is 1. The normalized spacial score (nSPS) is 22.5. The van der Waals surface area contributed by atoms with E-state index in [4.69, 9.17) is 11.2 Å². The molecule has 0 aliphatic carbocycles. The Morgan fingerprint density at radius 1 is 1.22 bits per heavy atom. The van der Waals surface area contributed by atoms with Crippen molar-refractivity contribution in [2.24, 2.45) is 0 Å². The Morgan fingerprint density at radius 2 is 1.83 bits per heavy atom. The lowest BCUT2D eigenvalue weighted by atomic mass is 10.0. The van der Waals surface area contributed by atoms with Crippen LogP contribution in [0.25, 0.3) is 0 Å². The smallest absolute Gasteiger partial charge is 0.245 e. The first-order valence-electron chi connectivity index (χ1n) is 8.00. The molecular formula is C17H22N2O4. The molecule has 1 heterocycles. The van der Waals surface area contributed by atoms with Gasteiger partial charge in [0, 0.05) is 7.77 Å². The van der Waals surface area contributed by atoms with Crippen LogP contribution in [0.3, 0.4) is 0 Å². The Hall–Kier alpha value is -2.34. The van der Waals surface area contributed by atoms with Crippen LogP contribution in [0.2, 0.25) is 0 Å². The average molecular weight is 319 g/mol. The monoisotopic (exact) mass is 319 g/mol. The summed E-state index contributed by atoms with van der Waals surface area (Å²) < 4.78 is 13.8. The highest BCUT2D eigenvalue weighted by molar-refractivity contribution is 5.97. The molecule has 124 valence electrons. The minimum Gasteiger partial charge on any atom is -0.490 e. The second kappa shape index (κ2) is 7.78. The van der Waals surface area contributed by atoms with Gasteiger partial charge in [-0.3, -0.25) is 9.59 Å². The van der Waals surface area contributed by atoms with Gasteiger partial charge in [0.1, 0.15) is 24.4 Å². The second-order valence-electron chi connectivity index (χ2n) is 5.56. The number of carbonyl (C=O) groups excluding carboxylic acids is 2. The first-order chi connectivity index (χ1) is 11.4. The molecule has 1 fully saturated rings. The maximum atomic E-state index is 12.0. The van der Waals surface area contributed by atoms with E-state index in [9.17, 15) is 9.59 Å². The Kier molecular flexibility index (Phi) is 5.26. The lowest BCUT2D eigenvalue weighted by Gasteiger charge is -2.28. The van der Waals surface area contributed by atoms with Crippen LogP contribution in [0.4, 0.5) is 0 Å². The molecule has 1 aromatic carbocycles. The maximum absolute atomic E-state index is 12.0. The van der Waals surface area contributed by atoms with Crippen molar-refractivity contribution in [1.29, 1.82) is 0 Å². The minimum atomic E-state index is -0.988. The van der Waals surface area contributed by atoms with E-state index in [0.29, 0.717) is 17.9 Å². The molecule has 3 atom stereocenters. The Balaban J connectivity index is 2.02. The average Bonchev–Trinajstić information content (AvgIpc) is 2.56. The summed E-state index contributed by atoms with van der Waals surface area (Å²) in [7, 11) is 0. The standard InChI is InChI=1S/C17H22N2O4/c1-11(2)7-8-23-13-5-3-12(4-6-13)9-14-16(21)19-15(10-20)17(22)18-14/h3-7,14-15,20H,8-10H2,1-2H3,(H,18,22)(H,19,21)/t14-,15-/m0/s1/i9D/t9-,14-,15-. The topological polar surface area (TPSA) is 87.7 Å². The van der Waals surface area contributed by atoms with Crippen molar-refractivity contribution in [3.63, 3.8) is 0 Å². The highest BCUT2D eigenvalue weighted by Crippen LogP contribution is 2.14. The zero-order chi connectivity index (χ0) is 17.7. The molecule has 6 nitrogen and oxygen atoms in total. The van der Waals surface area contributed by atoms with Crippen molar-refractivity contribution >= 4 is 11.8 Å². The highest BCUT2D eigenvalue weighted by Gasteiger charge is 2.32. The molecular weight excluding hydrogens is 296 g/mol. The molecule has 2 rings (SSSR count). The van der Waals surface area contributed by atoms with Gasteiger partial charge in [-0.1, -0.05) is 17.7 Å². The van der Waals surface area contributed by atoms with Crippen LogP contribution in [-0.2, 0) is 16.0 Å². The van der Waals surface area contributed by atoms with Gasteiger partial charge in [-0.15, -0.1) is 0 Å². The van der Waals surface area contributed by atoms with Gasteiger partial charge < -0.3 is 20.5 Å². The summed E-state index contributed by atoms with van der Waals surface area (Å²) in [4.78, 5) is 23.8. The van der Waals surface area contributed by atoms with E-state index < -0.39 is 36.9 Å². The number of aliphatic hydroxyl groups excluding tert-OH is 1. The molecule has 1 aliphatic heterocycles. The van der Waals surface area contributed by atoms with Crippen molar-refractivity contribution in [1.82, 2.24) is 10.6 Å². The SMILES string of the molecule is [2H][C@@H](c1ccc(OCC=C(C)C)cc1)[C@@H]1NC(=O)[C@H](CO)NC1=O. The van der Waals surface area contributed by atoms with E-state index in [0.717, 1.165) is 5.57 Å². The molecule has 0 saturated carbocycles. The molecule has 0 unspecified atom stereocenters. The van der Waals surface area contributed by atoms with E-state index in [2.05, 4.69) is 10.6 Å². The number of ether oxygens (including phenoxy) is 1. The maximum Gasteiger partial charge on any atom is 0.245 e. The molecule has 3 N–H and O–H groups in total. The zero-order valence-corrected chi connectivity index (χ0v) is 13.2. The van der Waals surface area contributed by atoms with Crippen LogP contribution in [0.5, 0.6) is 5.75 Å². The van der Waals surface area contributed by atoms with Gasteiger partial charge in [-0.2, -0.15) is 0 Å².